The minimum absolute atomic E-state index is 0.468. The normalized spacial score (nSPS) is 19.3. The van der Waals surface area contributed by atoms with E-state index in [1.807, 2.05) is 0 Å². The van der Waals surface area contributed by atoms with E-state index in [0.29, 0.717) is 21.8 Å². The summed E-state index contributed by atoms with van der Waals surface area (Å²) in [6.07, 6.45) is 8.55. The van der Waals surface area contributed by atoms with Gasteiger partial charge in [0.25, 0.3) is 5.52 Å². The highest BCUT2D eigenvalue weighted by Crippen LogP contribution is 2.27. The molecule has 0 saturated carbocycles. The zero-order valence-corrected chi connectivity index (χ0v) is 13.2. The second-order valence-electron chi connectivity index (χ2n) is 6.30. The van der Waals surface area contributed by atoms with Gasteiger partial charge in [0, 0.05) is 26.2 Å². The minimum atomic E-state index is 0.468. The summed E-state index contributed by atoms with van der Waals surface area (Å²) in [5.41, 5.74) is 1.20. The molecule has 23 heavy (non-hydrogen) atoms. The second kappa shape index (κ2) is 6.10. The van der Waals surface area contributed by atoms with Gasteiger partial charge in [-0.1, -0.05) is 0 Å². The highest BCUT2D eigenvalue weighted by atomic mass is 16.5. The van der Waals surface area contributed by atoms with Crippen LogP contribution in [0.4, 0.5) is 11.8 Å². The van der Waals surface area contributed by atoms with E-state index >= 15 is 0 Å². The van der Waals surface area contributed by atoms with Crippen molar-refractivity contribution in [3.05, 3.63) is 11.4 Å². The first-order valence-corrected chi connectivity index (χ1v) is 8.46. The summed E-state index contributed by atoms with van der Waals surface area (Å²) in [7, 11) is 0. The van der Waals surface area contributed by atoms with Gasteiger partial charge in [0.05, 0.1) is 5.10 Å². The van der Waals surface area contributed by atoms with Gasteiger partial charge in [0.1, 0.15) is 11.4 Å². The number of anilines is 2. The standard InChI is InChI=1S/C15H21N7O/c23-22-11-12-13(18-19-22)14(20-7-3-1-4-8-20)17-15(16-12)21-9-5-2-6-10-21/h11H,1-10H2. The van der Waals surface area contributed by atoms with Crippen molar-refractivity contribution < 1.29 is 4.85 Å². The molecule has 0 unspecified atom stereocenters. The molecule has 0 N–H and O–H groups in total. The van der Waals surface area contributed by atoms with Crippen molar-refractivity contribution >= 4 is 22.8 Å². The fourth-order valence-corrected chi connectivity index (χ4v) is 3.41. The number of nitrogens with zero attached hydrogens (tertiary/aromatic N) is 7. The van der Waals surface area contributed by atoms with Crippen LogP contribution in [-0.2, 0) is 0 Å². The first-order chi connectivity index (χ1) is 11.3. The highest BCUT2D eigenvalue weighted by molar-refractivity contribution is 5.85. The number of fused-ring (bicyclic) bond motifs is 1. The van der Waals surface area contributed by atoms with E-state index in [9.17, 15) is 5.21 Å². The molecule has 0 aromatic carbocycles. The van der Waals surface area contributed by atoms with E-state index in [1.165, 1.54) is 19.0 Å². The number of rotatable bonds is 2. The van der Waals surface area contributed by atoms with Crippen molar-refractivity contribution in [3.8, 4) is 0 Å². The molecular weight excluding hydrogens is 294 g/mol. The van der Waals surface area contributed by atoms with Gasteiger partial charge in [0.15, 0.2) is 11.3 Å². The van der Waals surface area contributed by atoms with E-state index in [0.717, 1.165) is 57.7 Å². The number of piperidine rings is 2. The van der Waals surface area contributed by atoms with E-state index in [4.69, 9.17) is 4.98 Å². The molecule has 0 spiro atoms. The molecule has 2 aromatic heterocycles. The lowest BCUT2D eigenvalue weighted by Gasteiger charge is -2.30. The minimum Gasteiger partial charge on any atom is -0.691 e. The van der Waals surface area contributed by atoms with Gasteiger partial charge in [-0.3, -0.25) is 0 Å². The summed E-state index contributed by atoms with van der Waals surface area (Å²) in [6.45, 7) is 3.89. The first kappa shape index (κ1) is 14.3. The Hall–Kier alpha value is -2.25. The molecule has 2 aliphatic heterocycles. The summed E-state index contributed by atoms with van der Waals surface area (Å²) in [5, 5.41) is 19.2. The van der Waals surface area contributed by atoms with Crippen LogP contribution in [0.25, 0.3) is 11.0 Å². The van der Waals surface area contributed by atoms with Gasteiger partial charge < -0.3 is 15.0 Å². The van der Waals surface area contributed by atoms with Crippen molar-refractivity contribution in [2.24, 2.45) is 0 Å². The van der Waals surface area contributed by atoms with Crippen molar-refractivity contribution in [1.82, 2.24) is 20.3 Å². The van der Waals surface area contributed by atoms with Gasteiger partial charge in [-0.2, -0.15) is 4.98 Å². The maximum atomic E-state index is 11.5. The Bertz CT molecular complexity index is 696. The third kappa shape index (κ3) is 2.85. The van der Waals surface area contributed by atoms with Gasteiger partial charge in [-0.25, -0.2) is 4.98 Å². The smallest absolute Gasteiger partial charge is 0.275 e. The second-order valence-corrected chi connectivity index (χ2v) is 6.30. The molecular formula is C15H21N7O. The zero-order valence-electron chi connectivity index (χ0n) is 13.2. The molecule has 8 heteroatoms. The van der Waals surface area contributed by atoms with Crippen LogP contribution >= 0.6 is 0 Å². The van der Waals surface area contributed by atoms with Gasteiger partial charge in [-0.05, 0) is 38.5 Å². The summed E-state index contributed by atoms with van der Waals surface area (Å²) in [4.78, 5) is 14.3. The third-order valence-electron chi connectivity index (χ3n) is 4.64. The lowest BCUT2D eigenvalue weighted by atomic mass is 10.1. The Morgan fingerprint density at radius 3 is 2.22 bits per heavy atom. The molecule has 122 valence electrons. The van der Waals surface area contributed by atoms with Crippen LogP contribution in [0, 0.1) is 5.21 Å². The van der Waals surface area contributed by atoms with Crippen LogP contribution in [0.15, 0.2) is 6.20 Å². The molecule has 2 aromatic rings. The van der Waals surface area contributed by atoms with Gasteiger partial charge in [0.2, 0.25) is 5.95 Å². The molecule has 0 bridgehead atoms. The van der Waals surface area contributed by atoms with Gasteiger partial charge >= 0.3 is 0 Å². The molecule has 0 aliphatic carbocycles. The summed E-state index contributed by atoms with van der Waals surface area (Å²) < 4.78 is 0. The molecule has 2 saturated heterocycles. The van der Waals surface area contributed by atoms with E-state index in [-0.39, 0.29) is 0 Å². The molecule has 4 heterocycles. The molecule has 0 radical (unpaired) electrons. The quantitative estimate of drug-likeness (QED) is 0.604. The number of hydrogen-bond donors (Lipinski definition) is 0. The van der Waals surface area contributed by atoms with Crippen LogP contribution < -0.4 is 14.6 Å². The van der Waals surface area contributed by atoms with E-state index < -0.39 is 0 Å². The van der Waals surface area contributed by atoms with E-state index in [1.54, 1.807) is 0 Å². The predicted octanol–water partition coefficient (Wildman–Crippen LogP) is 1.03. The topological polar surface area (TPSA) is 85.0 Å². The number of aromatic nitrogens is 5. The molecule has 2 fully saturated rings. The fraction of sp³-hybridized carbons (Fsp3) is 0.667. The largest absolute Gasteiger partial charge is 0.691 e. The Morgan fingerprint density at radius 2 is 1.52 bits per heavy atom. The van der Waals surface area contributed by atoms with Crippen molar-refractivity contribution in [1.29, 1.82) is 0 Å². The Morgan fingerprint density at radius 1 is 0.870 bits per heavy atom. The molecule has 0 atom stereocenters. The van der Waals surface area contributed by atoms with Crippen molar-refractivity contribution in [2.45, 2.75) is 38.5 Å². The van der Waals surface area contributed by atoms with Crippen LogP contribution in [0.1, 0.15) is 38.5 Å². The molecule has 0 amide bonds. The maximum Gasteiger partial charge on any atom is 0.275 e. The molecule has 4 rings (SSSR count). The van der Waals surface area contributed by atoms with Crippen LogP contribution in [-0.4, -0.2) is 46.5 Å². The van der Waals surface area contributed by atoms with Crippen molar-refractivity contribution in [3.63, 3.8) is 0 Å². The molecule has 2 aliphatic rings. The first-order valence-electron chi connectivity index (χ1n) is 8.46. The van der Waals surface area contributed by atoms with Crippen molar-refractivity contribution in [2.75, 3.05) is 36.0 Å². The predicted molar refractivity (Wildman–Crippen MR) is 86.2 cm³/mol. The fourth-order valence-electron chi connectivity index (χ4n) is 3.41. The maximum absolute atomic E-state index is 11.5. The number of hydrogen-bond acceptors (Lipinski definition) is 7. The monoisotopic (exact) mass is 315 g/mol. The average molecular weight is 315 g/mol. The summed E-state index contributed by atoms with van der Waals surface area (Å²) in [6, 6.07) is 0. The lowest BCUT2D eigenvalue weighted by Crippen LogP contribution is -2.35. The highest BCUT2D eigenvalue weighted by Gasteiger charge is 2.24. The van der Waals surface area contributed by atoms with Crippen LogP contribution in [0.2, 0.25) is 0 Å². The zero-order chi connectivity index (χ0) is 15.6. The summed E-state index contributed by atoms with van der Waals surface area (Å²) >= 11 is 0. The van der Waals surface area contributed by atoms with Crippen LogP contribution in [0.5, 0.6) is 0 Å². The molecule has 8 nitrogen and oxygen atoms in total. The average Bonchev–Trinajstić information content (AvgIpc) is 2.62. The Labute approximate surface area is 134 Å². The van der Waals surface area contributed by atoms with Gasteiger partial charge in [-0.15, -0.1) is 4.85 Å². The Balaban J connectivity index is 1.80. The third-order valence-corrected chi connectivity index (χ3v) is 4.64. The summed E-state index contributed by atoms with van der Waals surface area (Å²) in [5.74, 6) is 1.54. The lowest BCUT2D eigenvalue weighted by molar-refractivity contribution is -0.673. The SMILES string of the molecule is [O-][n+]1cc2nc(N3CCCCC3)nc(N3CCCCC3)c2nn1. The van der Waals surface area contributed by atoms with Crippen LogP contribution in [0.3, 0.4) is 0 Å². The Kier molecular flexibility index (Phi) is 3.80. The van der Waals surface area contributed by atoms with E-state index in [2.05, 4.69) is 25.1 Å².